The summed E-state index contributed by atoms with van der Waals surface area (Å²) >= 11 is 6.24. The third-order valence-corrected chi connectivity index (χ3v) is 4.90. The molecule has 24 heavy (non-hydrogen) atoms. The quantitative estimate of drug-likeness (QED) is 0.887. The minimum absolute atomic E-state index is 0.0343. The van der Waals surface area contributed by atoms with Crippen LogP contribution < -0.4 is 5.32 Å². The standard InChI is InChI=1S/C18H24ClN3O2/c1-13(2)18(3,12-20)21-17(23)11-22-8-9-24-16(10-22)14-6-4-5-7-15(14)19/h4-7,13,16H,8-11H2,1-3H3,(H,21,23)/t16-,18+/m0/s1. The molecule has 1 aromatic carbocycles. The van der Waals surface area contributed by atoms with Crippen LogP contribution in [0.4, 0.5) is 0 Å². The molecular weight excluding hydrogens is 326 g/mol. The predicted octanol–water partition coefficient (Wildman–Crippen LogP) is 2.77. The zero-order valence-electron chi connectivity index (χ0n) is 14.4. The molecule has 2 atom stereocenters. The zero-order valence-corrected chi connectivity index (χ0v) is 15.1. The van der Waals surface area contributed by atoms with Gasteiger partial charge in [0.05, 0.1) is 25.3 Å². The van der Waals surface area contributed by atoms with Crippen molar-refractivity contribution in [2.45, 2.75) is 32.4 Å². The van der Waals surface area contributed by atoms with Crippen LogP contribution in [-0.4, -0.2) is 42.6 Å². The summed E-state index contributed by atoms with van der Waals surface area (Å²) in [5.74, 6) is -0.112. The van der Waals surface area contributed by atoms with E-state index in [9.17, 15) is 10.1 Å². The molecule has 130 valence electrons. The SMILES string of the molecule is CC(C)[C@@](C)(C#N)NC(=O)CN1CCO[C@H](c2ccccc2Cl)C1. The number of ether oxygens (including phenoxy) is 1. The second-order valence-corrected chi connectivity index (χ2v) is 7.04. The van der Waals surface area contributed by atoms with Gasteiger partial charge in [-0.1, -0.05) is 43.6 Å². The summed E-state index contributed by atoms with van der Waals surface area (Å²) in [7, 11) is 0. The number of hydrogen-bond acceptors (Lipinski definition) is 4. The molecule has 1 aliphatic heterocycles. The van der Waals surface area contributed by atoms with Crippen molar-refractivity contribution in [3.63, 3.8) is 0 Å². The Bertz CT molecular complexity index is 629. The molecule has 1 amide bonds. The first-order valence-electron chi connectivity index (χ1n) is 8.16. The maximum absolute atomic E-state index is 12.3. The highest BCUT2D eigenvalue weighted by Gasteiger charge is 2.31. The van der Waals surface area contributed by atoms with Gasteiger partial charge in [-0.25, -0.2) is 0 Å². The fraction of sp³-hybridized carbons (Fsp3) is 0.556. The van der Waals surface area contributed by atoms with Crippen molar-refractivity contribution in [2.75, 3.05) is 26.2 Å². The van der Waals surface area contributed by atoms with Gasteiger partial charge >= 0.3 is 0 Å². The molecule has 1 aliphatic rings. The lowest BCUT2D eigenvalue weighted by Gasteiger charge is -2.34. The monoisotopic (exact) mass is 349 g/mol. The van der Waals surface area contributed by atoms with Gasteiger partial charge < -0.3 is 10.1 Å². The molecule has 6 heteroatoms. The van der Waals surface area contributed by atoms with E-state index in [-0.39, 0.29) is 24.5 Å². The minimum Gasteiger partial charge on any atom is -0.371 e. The number of benzene rings is 1. The molecule has 0 unspecified atom stereocenters. The topological polar surface area (TPSA) is 65.4 Å². The lowest BCUT2D eigenvalue weighted by molar-refractivity contribution is -0.126. The van der Waals surface area contributed by atoms with E-state index in [0.717, 1.165) is 5.56 Å². The van der Waals surface area contributed by atoms with Crippen LogP contribution in [0.1, 0.15) is 32.4 Å². The lowest BCUT2D eigenvalue weighted by atomic mass is 9.90. The first-order chi connectivity index (χ1) is 11.4. The summed E-state index contributed by atoms with van der Waals surface area (Å²) in [6, 6.07) is 9.79. The number of carbonyl (C=O) groups excluding carboxylic acids is 1. The smallest absolute Gasteiger partial charge is 0.235 e. The highest BCUT2D eigenvalue weighted by molar-refractivity contribution is 6.31. The van der Waals surface area contributed by atoms with Gasteiger partial charge in [0.15, 0.2) is 0 Å². The van der Waals surface area contributed by atoms with E-state index in [0.29, 0.717) is 24.7 Å². The van der Waals surface area contributed by atoms with Crippen molar-refractivity contribution in [1.29, 1.82) is 5.26 Å². The van der Waals surface area contributed by atoms with Crippen molar-refractivity contribution in [3.05, 3.63) is 34.9 Å². The Hall–Kier alpha value is -1.61. The van der Waals surface area contributed by atoms with E-state index in [2.05, 4.69) is 11.4 Å². The number of morpholine rings is 1. The molecule has 0 aliphatic carbocycles. The molecule has 0 spiro atoms. The van der Waals surface area contributed by atoms with Crippen molar-refractivity contribution >= 4 is 17.5 Å². The van der Waals surface area contributed by atoms with Crippen LogP contribution in [0.2, 0.25) is 5.02 Å². The summed E-state index contributed by atoms with van der Waals surface area (Å²) in [5, 5.41) is 12.8. The average Bonchev–Trinajstić information content (AvgIpc) is 2.55. The summed E-state index contributed by atoms with van der Waals surface area (Å²) < 4.78 is 5.81. The molecule has 1 fully saturated rings. The van der Waals surface area contributed by atoms with E-state index in [4.69, 9.17) is 16.3 Å². The molecule has 0 radical (unpaired) electrons. The number of halogens is 1. The Balaban J connectivity index is 1.97. The summed E-state index contributed by atoms with van der Waals surface area (Å²) in [6.07, 6.45) is -0.146. The Kier molecular flexibility index (Phi) is 6.22. The van der Waals surface area contributed by atoms with Crippen molar-refractivity contribution in [2.24, 2.45) is 5.92 Å². The van der Waals surface area contributed by atoms with Crippen molar-refractivity contribution in [1.82, 2.24) is 10.2 Å². The van der Waals surface area contributed by atoms with Crippen LogP contribution in [0, 0.1) is 17.2 Å². The van der Waals surface area contributed by atoms with E-state index in [1.807, 2.05) is 43.0 Å². The second kappa shape index (κ2) is 7.98. The Morgan fingerprint density at radius 3 is 2.88 bits per heavy atom. The van der Waals surface area contributed by atoms with Crippen LogP contribution in [0.3, 0.4) is 0 Å². The number of rotatable bonds is 5. The number of amides is 1. The molecule has 1 N–H and O–H groups in total. The van der Waals surface area contributed by atoms with Crippen molar-refractivity contribution < 1.29 is 9.53 Å². The minimum atomic E-state index is -0.856. The van der Waals surface area contributed by atoms with E-state index in [1.165, 1.54) is 0 Å². The number of hydrogen-bond donors (Lipinski definition) is 1. The van der Waals surface area contributed by atoms with Crippen LogP contribution >= 0.6 is 11.6 Å². The average molecular weight is 350 g/mol. The number of carbonyl (C=O) groups is 1. The largest absolute Gasteiger partial charge is 0.371 e. The van der Waals surface area contributed by atoms with E-state index in [1.54, 1.807) is 6.92 Å². The Morgan fingerprint density at radius 2 is 2.25 bits per heavy atom. The van der Waals surface area contributed by atoms with Gasteiger partial charge in [0.25, 0.3) is 0 Å². The van der Waals surface area contributed by atoms with Gasteiger partial charge in [0, 0.05) is 23.7 Å². The lowest BCUT2D eigenvalue weighted by Crippen LogP contribution is -2.53. The van der Waals surface area contributed by atoms with Gasteiger partial charge in [-0.05, 0) is 18.9 Å². The number of nitriles is 1. The third kappa shape index (κ3) is 4.47. The Morgan fingerprint density at radius 1 is 1.54 bits per heavy atom. The third-order valence-electron chi connectivity index (χ3n) is 4.56. The van der Waals surface area contributed by atoms with Crippen LogP contribution in [0.5, 0.6) is 0 Å². The van der Waals surface area contributed by atoms with Gasteiger partial charge in [-0.2, -0.15) is 5.26 Å². The van der Waals surface area contributed by atoms with Crippen molar-refractivity contribution in [3.8, 4) is 6.07 Å². The van der Waals surface area contributed by atoms with E-state index >= 15 is 0 Å². The number of nitrogens with zero attached hydrogens (tertiary/aromatic N) is 2. The summed E-state index contributed by atoms with van der Waals surface area (Å²) in [5.41, 5.74) is 0.0826. The molecule has 1 saturated heterocycles. The predicted molar refractivity (Wildman–Crippen MR) is 93.6 cm³/mol. The molecular formula is C18H24ClN3O2. The van der Waals surface area contributed by atoms with Gasteiger partial charge in [0.1, 0.15) is 5.54 Å². The highest BCUT2D eigenvalue weighted by Crippen LogP contribution is 2.28. The number of nitrogens with one attached hydrogen (secondary N) is 1. The summed E-state index contributed by atoms with van der Waals surface area (Å²) in [6.45, 7) is 7.66. The van der Waals surface area contributed by atoms with Gasteiger partial charge in [-0.3, -0.25) is 9.69 Å². The maximum Gasteiger partial charge on any atom is 0.235 e. The second-order valence-electron chi connectivity index (χ2n) is 6.63. The van der Waals surface area contributed by atoms with Crippen LogP contribution in [0.15, 0.2) is 24.3 Å². The first kappa shape index (κ1) is 18.7. The van der Waals surface area contributed by atoms with E-state index < -0.39 is 5.54 Å². The normalized spacial score (nSPS) is 21.1. The molecule has 1 aromatic rings. The van der Waals surface area contributed by atoms with Crippen LogP contribution in [0.25, 0.3) is 0 Å². The molecule has 0 saturated carbocycles. The van der Waals surface area contributed by atoms with Gasteiger partial charge in [0.2, 0.25) is 5.91 Å². The fourth-order valence-corrected chi connectivity index (χ4v) is 2.86. The maximum atomic E-state index is 12.3. The molecule has 0 aromatic heterocycles. The highest BCUT2D eigenvalue weighted by atomic mass is 35.5. The Labute approximate surface area is 148 Å². The fourth-order valence-electron chi connectivity index (χ4n) is 2.60. The van der Waals surface area contributed by atoms with Gasteiger partial charge in [-0.15, -0.1) is 0 Å². The summed E-state index contributed by atoms with van der Waals surface area (Å²) in [4.78, 5) is 14.4. The molecule has 1 heterocycles. The molecule has 0 bridgehead atoms. The van der Waals surface area contributed by atoms with Crippen LogP contribution in [-0.2, 0) is 9.53 Å². The first-order valence-corrected chi connectivity index (χ1v) is 8.54. The molecule has 2 rings (SSSR count). The zero-order chi connectivity index (χ0) is 17.7. The molecule has 5 nitrogen and oxygen atoms in total.